The second-order valence-electron chi connectivity index (χ2n) is 5.46. The number of ether oxygens (including phenoxy) is 3. The van der Waals surface area contributed by atoms with Crippen molar-refractivity contribution in [3.63, 3.8) is 0 Å². The third-order valence-corrected chi connectivity index (χ3v) is 3.26. The van der Waals surface area contributed by atoms with Crippen LogP contribution in [-0.4, -0.2) is 25.3 Å². The van der Waals surface area contributed by atoms with Crippen LogP contribution in [0.3, 0.4) is 0 Å². The highest BCUT2D eigenvalue weighted by atomic mass is 16.5. The summed E-state index contributed by atoms with van der Waals surface area (Å²) >= 11 is 0. The van der Waals surface area contributed by atoms with E-state index in [1.165, 1.54) is 0 Å². The van der Waals surface area contributed by atoms with Crippen LogP contribution in [0.4, 0.5) is 0 Å². The lowest BCUT2D eigenvalue weighted by molar-refractivity contribution is 0.230. The van der Waals surface area contributed by atoms with Gasteiger partial charge in [-0.2, -0.15) is 0 Å². The Bertz CT molecular complexity index is 612. The molecule has 0 aliphatic heterocycles. The first-order valence-corrected chi connectivity index (χ1v) is 7.65. The molecule has 0 bridgehead atoms. The summed E-state index contributed by atoms with van der Waals surface area (Å²) in [5.74, 6) is 2.15. The molecule has 0 aliphatic rings. The van der Waals surface area contributed by atoms with E-state index in [0.717, 1.165) is 35.7 Å². The number of methoxy groups -OCH3 is 2. The third-order valence-electron chi connectivity index (χ3n) is 3.26. The Morgan fingerprint density at radius 1 is 0.957 bits per heavy atom. The summed E-state index contributed by atoms with van der Waals surface area (Å²) < 4.78 is 16.2. The molecule has 0 aliphatic carbocycles. The summed E-state index contributed by atoms with van der Waals surface area (Å²) in [4.78, 5) is 4.19. The quantitative estimate of drug-likeness (QED) is 0.810. The van der Waals surface area contributed by atoms with Crippen LogP contribution in [-0.2, 0) is 13.1 Å². The molecular formula is C18H24N2O3. The van der Waals surface area contributed by atoms with Crippen molar-refractivity contribution in [3.8, 4) is 17.4 Å². The average Bonchev–Trinajstić information content (AvgIpc) is 2.56. The molecule has 0 saturated heterocycles. The minimum absolute atomic E-state index is 0.121. The molecule has 0 spiro atoms. The van der Waals surface area contributed by atoms with E-state index >= 15 is 0 Å². The van der Waals surface area contributed by atoms with E-state index in [9.17, 15) is 0 Å². The summed E-state index contributed by atoms with van der Waals surface area (Å²) in [7, 11) is 3.27. The maximum Gasteiger partial charge on any atom is 0.212 e. The van der Waals surface area contributed by atoms with Gasteiger partial charge in [0.1, 0.15) is 0 Å². The molecule has 5 nitrogen and oxygen atoms in total. The normalized spacial score (nSPS) is 10.7. The van der Waals surface area contributed by atoms with Gasteiger partial charge in [0.25, 0.3) is 0 Å². The molecule has 124 valence electrons. The van der Waals surface area contributed by atoms with Gasteiger partial charge in [0.05, 0.1) is 20.3 Å². The van der Waals surface area contributed by atoms with Crippen LogP contribution in [0.2, 0.25) is 0 Å². The van der Waals surface area contributed by atoms with E-state index in [1.807, 2.05) is 50.4 Å². The predicted octanol–water partition coefficient (Wildman–Crippen LogP) is 3.18. The molecule has 0 amide bonds. The van der Waals surface area contributed by atoms with Gasteiger partial charge in [-0.15, -0.1) is 0 Å². The van der Waals surface area contributed by atoms with Gasteiger partial charge in [0.2, 0.25) is 5.88 Å². The molecule has 1 heterocycles. The van der Waals surface area contributed by atoms with Crippen molar-refractivity contribution in [2.45, 2.75) is 33.0 Å². The van der Waals surface area contributed by atoms with Crippen molar-refractivity contribution in [1.82, 2.24) is 10.3 Å². The largest absolute Gasteiger partial charge is 0.493 e. The Morgan fingerprint density at radius 2 is 1.70 bits per heavy atom. The summed E-state index contributed by atoms with van der Waals surface area (Å²) in [5.41, 5.74) is 2.25. The first-order chi connectivity index (χ1) is 11.1. The highest BCUT2D eigenvalue weighted by Gasteiger charge is 2.07. The molecule has 0 fully saturated rings. The van der Waals surface area contributed by atoms with Gasteiger partial charge in [-0.05, 0) is 37.1 Å². The zero-order valence-electron chi connectivity index (χ0n) is 14.1. The Kier molecular flexibility index (Phi) is 6.23. The first kappa shape index (κ1) is 17.1. The summed E-state index contributed by atoms with van der Waals surface area (Å²) in [5, 5.41) is 3.39. The van der Waals surface area contributed by atoms with Crippen LogP contribution in [0, 0.1) is 0 Å². The van der Waals surface area contributed by atoms with Gasteiger partial charge in [0, 0.05) is 25.4 Å². The van der Waals surface area contributed by atoms with Crippen LogP contribution >= 0.6 is 0 Å². The smallest absolute Gasteiger partial charge is 0.212 e. The molecular weight excluding hydrogens is 292 g/mol. The fourth-order valence-corrected chi connectivity index (χ4v) is 2.16. The minimum Gasteiger partial charge on any atom is -0.493 e. The Balaban J connectivity index is 1.92. The highest BCUT2D eigenvalue weighted by molar-refractivity contribution is 5.43. The first-order valence-electron chi connectivity index (χ1n) is 7.65. The second-order valence-corrected chi connectivity index (χ2v) is 5.46. The molecule has 0 saturated carbocycles. The molecule has 2 rings (SSSR count). The van der Waals surface area contributed by atoms with Gasteiger partial charge in [0.15, 0.2) is 11.5 Å². The molecule has 1 aromatic heterocycles. The molecule has 0 atom stereocenters. The van der Waals surface area contributed by atoms with Crippen LogP contribution in [0.5, 0.6) is 17.4 Å². The average molecular weight is 316 g/mol. The molecule has 23 heavy (non-hydrogen) atoms. The Labute approximate surface area is 137 Å². The summed E-state index contributed by atoms with van der Waals surface area (Å²) in [6.45, 7) is 5.48. The zero-order chi connectivity index (χ0) is 16.7. The molecule has 2 aromatic rings. The zero-order valence-corrected chi connectivity index (χ0v) is 14.1. The van der Waals surface area contributed by atoms with Gasteiger partial charge in [-0.1, -0.05) is 12.1 Å². The summed E-state index contributed by atoms with van der Waals surface area (Å²) in [6.07, 6.45) is 1.93. The lowest BCUT2D eigenvalue weighted by Crippen LogP contribution is -2.13. The number of aromatic nitrogens is 1. The molecule has 5 heteroatoms. The second kappa shape index (κ2) is 8.39. The van der Waals surface area contributed by atoms with Gasteiger partial charge in [-0.3, -0.25) is 0 Å². The topological polar surface area (TPSA) is 52.6 Å². The Hall–Kier alpha value is -2.27. The van der Waals surface area contributed by atoms with Crippen LogP contribution in [0.15, 0.2) is 36.5 Å². The number of benzene rings is 1. The molecule has 1 aromatic carbocycles. The van der Waals surface area contributed by atoms with Crippen molar-refractivity contribution in [2.24, 2.45) is 0 Å². The van der Waals surface area contributed by atoms with E-state index in [4.69, 9.17) is 14.2 Å². The maximum absolute atomic E-state index is 5.72. The standard InChI is InChI=1S/C18H24N2O3/c1-13(2)23-16-7-5-14(9-17(16)21-3)10-19-11-15-6-8-18(22-4)20-12-15/h5-9,12-13,19H,10-11H2,1-4H3. The lowest BCUT2D eigenvalue weighted by atomic mass is 10.2. The molecule has 0 radical (unpaired) electrons. The molecule has 0 unspecified atom stereocenters. The monoisotopic (exact) mass is 316 g/mol. The minimum atomic E-state index is 0.121. The summed E-state index contributed by atoms with van der Waals surface area (Å²) in [6, 6.07) is 9.85. The number of nitrogens with one attached hydrogen (secondary N) is 1. The van der Waals surface area contributed by atoms with Crippen molar-refractivity contribution in [3.05, 3.63) is 47.7 Å². The van der Waals surface area contributed by atoms with Crippen molar-refractivity contribution in [2.75, 3.05) is 14.2 Å². The van der Waals surface area contributed by atoms with Gasteiger partial charge >= 0.3 is 0 Å². The van der Waals surface area contributed by atoms with Crippen molar-refractivity contribution in [1.29, 1.82) is 0 Å². The van der Waals surface area contributed by atoms with E-state index < -0.39 is 0 Å². The number of rotatable bonds is 8. The van der Waals surface area contributed by atoms with E-state index in [-0.39, 0.29) is 6.10 Å². The fourth-order valence-electron chi connectivity index (χ4n) is 2.16. The van der Waals surface area contributed by atoms with Crippen molar-refractivity contribution >= 4 is 0 Å². The number of hydrogen-bond acceptors (Lipinski definition) is 5. The maximum atomic E-state index is 5.72. The Morgan fingerprint density at radius 3 is 2.30 bits per heavy atom. The van der Waals surface area contributed by atoms with Gasteiger partial charge in [-0.25, -0.2) is 4.98 Å². The van der Waals surface area contributed by atoms with Crippen LogP contribution < -0.4 is 19.5 Å². The van der Waals surface area contributed by atoms with Gasteiger partial charge < -0.3 is 19.5 Å². The number of pyridine rings is 1. The molecule has 1 N–H and O–H groups in total. The number of hydrogen-bond donors (Lipinski definition) is 1. The highest BCUT2D eigenvalue weighted by Crippen LogP contribution is 2.28. The fraction of sp³-hybridized carbons (Fsp3) is 0.389. The lowest BCUT2D eigenvalue weighted by Gasteiger charge is -2.14. The van der Waals surface area contributed by atoms with Crippen molar-refractivity contribution < 1.29 is 14.2 Å². The van der Waals surface area contributed by atoms with Crippen LogP contribution in [0.1, 0.15) is 25.0 Å². The van der Waals surface area contributed by atoms with E-state index in [2.05, 4.69) is 10.3 Å². The van der Waals surface area contributed by atoms with E-state index in [0.29, 0.717) is 5.88 Å². The predicted molar refractivity (Wildman–Crippen MR) is 90.1 cm³/mol. The third kappa shape index (κ3) is 5.14. The van der Waals surface area contributed by atoms with E-state index in [1.54, 1.807) is 14.2 Å². The number of nitrogens with zero attached hydrogens (tertiary/aromatic N) is 1. The van der Waals surface area contributed by atoms with Crippen LogP contribution in [0.25, 0.3) is 0 Å². The SMILES string of the molecule is COc1ccc(CNCc2ccc(OC(C)C)c(OC)c2)cn1.